The maximum Gasteiger partial charge on any atom is 0.343 e. The molecule has 0 aliphatic rings. The molecule has 0 radical (unpaired) electrons. The van der Waals surface area contributed by atoms with E-state index in [4.69, 9.17) is 4.74 Å². The number of hydrogen-bond donors (Lipinski definition) is 0. The molecule has 0 saturated heterocycles. The van der Waals surface area contributed by atoms with Crippen LogP contribution in [0.5, 0.6) is 5.75 Å². The van der Waals surface area contributed by atoms with Crippen LogP contribution in [-0.4, -0.2) is 5.97 Å². The summed E-state index contributed by atoms with van der Waals surface area (Å²) in [5, 5.41) is 0. The Morgan fingerprint density at radius 2 is 1.21 bits per heavy atom. The van der Waals surface area contributed by atoms with E-state index in [1.165, 1.54) is 23.1 Å². The summed E-state index contributed by atoms with van der Waals surface area (Å²) >= 11 is 0. The predicted octanol–water partition coefficient (Wildman–Crippen LogP) is 6.87. The molecule has 2 nitrogen and oxygen atoms in total. The standard InChI is InChI=1S/C26H28O2/c1-3-5-7-21-10-14-24(15-11-21)26(27)28-25-18-16-23(17-19-25)22-12-8-20(6-4-2)9-13-22/h8-19H,3-7H2,1-2H3. The van der Waals surface area contributed by atoms with Gasteiger partial charge < -0.3 is 4.74 Å². The zero-order valence-electron chi connectivity index (χ0n) is 16.8. The second-order valence-electron chi connectivity index (χ2n) is 7.16. The highest BCUT2D eigenvalue weighted by atomic mass is 16.5. The lowest BCUT2D eigenvalue weighted by Crippen LogP contribution is -2.08. The molecule has 0 aliphatic carbocycles. The van der Waals surface area contributed by atoms with Gasteiger partial charge in [0.25, 0.3) is 0 Å². The van der Waals surface area contributed by atoms with E-state index >= 15 is 0 Å². The number of carbonyl (C=O) groups excluding carboxylic acids is 1. The maximum absolute atomic E-state index is 12.4. The first-order chi connectivity index (χ1) is 13.7. The van der Waals surface area contributed by atoms with E-state index in [2.05, 4.69) is 38.1 Å². The Kier molecular flexibility index (Phi) is 7.02. The van der Waals surface area contributed by atoms with Gasteiger partial charge in [-0.25, -0.2) is 4.79 Å². The summed E-state index contributed by atoms with van der Waals surface area (Å²) < 4.78 is 5.52. The summed E-state index contributed by atoms with van der Waals surface area (Å²) in [4.78, 5) is 12.4. The zero-order valence-corrected chi connectivity index (χ0v) is 16.8. The van der Waals surface area contributed by atoms with Crippen molar-refractivity contribution >= 4 is 5.97 Å². The molecule has 28 heavy (non-hydrogen) atoms. The minimum atomic E-state index is -0.321. The first-order valence-corrected chi connectivity index (χ1v) is 10.2. The van der Waals surface area contributed by atoms with Gasteiger partial charge in [-0.3, -0.25) is 0 Å². The molecule has 0 aromatic heterocycles. The maximum atomic E-state index is 12.4. The van der Waals surface area contributed by atoms with E-state index in [1.807, 2.05) is 48.5 Å². The third-order valence-electron chi connectivity index (χ3n) is 4.90. The normalized spacial score (nSPS) is 10.6. The van der Waals surface area contributed by atoms with E-state index in [9.17, 15) is 4.79 Å². The number of benzene rings is 3. The van der Waals surface area contributed by atoms with E-state index < -0.39 is 0 Å². The highest BCUT2D eigenvalue weighted by Gasteiger charge is 2.09. The number of carbonyl (C=O) groups is 1. The molecule has 0 amide bonds. The van der Waals surface area contributed by atoms with Gasteiger partial charge in [-0.15, -0.1) is 0 Å². The number of ether oxygens (including phenoxy) is 1. The van der Waals surface area contributed by atoms with Crippen LogP contribution < -0.4 is 4.74 Å². The molecule has 0 N–H and O–H groups in total. The fourth-order valence-electron chi connectivity index (χ4n) is 3.22. The minimum absolute atomic E-state index is 0.321. The first-order valence-electron chi connectivity index (χ1n) is 10.2. The lowest BCUT2D eigenvalue weighted by Gasteiger charge is -2.07. The fourth-order valence-corrected chi connectivity index (χ4v) is 3.22. The van der Waals surface area contributed by atoms with Gasteiger partial charge in [-0.2, -0.15) is 0 Å². The van der Waals surface area contributed by atoms with Crippen LogP contribution in [0.3, 0.4) is 0 Å². The van der Waals surface area contributed by atoms with Crippen molar-refractivity contribution in [2.45, 2.75) is 46.0 Å². The van der Waals surface area contributed by atoms with Gasteiger partial charge in [0.2, 0.25) is 0 Å². The Labute approximate surface area is 168 Å². The van der Waals surface area contributed by atoms with Crippen LogP contribution in [0.25, 0.3) is 11.1 Å². The van der Waals surface area contributed by atoms with Gasteiger partial charge in [0.15, 0.2) is 0 Å². The molecular weight excluding hydrogens is 344 g/mol. The van der Waals surface area contributed by atoms with Crippen molar-refractivity contribution in [3.8, 4) is 16.9 Å². The van der Waals surface area contributed by atoms with Crippen LogP contribution in [0.4, 0.5) is 0 Å². The zero-order chi connectivity index (χ0) is 19.8. The van der Waals surface area contributed by atoms with Gasteiger partial charge in [0.1, 0.15) is 5.75 Å². The largest absolute Gasteiger partial charge is 0.423 e. The number of hydrogen-bond acceptors (Lipinski definition) is 2. The Balaban J connectivity index is 1.62. The van der Waals surface area contributed by atoms with E-state index in [0.29, 0.717) is 11.3 Å². The van der Waals surface area contributed by atoms with Gasteiger partial charge in [-0.1, -0.05) is 75.2 Å². The molecule has 0 fully saturated rings. The molecule has 144 valence electrons. The van der Waals surface area contributed by atoms with Crippen molar-refractivity contribution in [3.05, 3.63) is 89.5 Å². The fraction of sp³-hybridized carbons (Fsp3) is 0.269. The van der Waals surface area contributed by atoms with Crippen LogP contribution in [0.2, 0.25) is 0 Å². The van der Waals surface area contributed by atoms with Crippen molar-refractivity contribution in [1.29, 1.82) is 0 Å². The Morgan fingerprint density at radius 1 is 0.679 bits per heavy atom. The van der Waals surface area contributed by atoms with Crippen molar-refractivity contribution in [2.75, 3.05) is 0 Å². The second-order valence-corrected chi connectivity index (χ2v) is 7.16. The van der Waals surface area contributed by atoms with Crippen LogP contribution in [0.1, 0.15) is 54.6 Å². The summed E-state index contributed by atoms with van der Waals surface area (Å²) in [7, 11) is 0. The van der Waals surface area contributed by atoms with Gasteiger partial charge >= 0.3 is 5.97 Å². The highest BCUT2D eigenvalue weighted by Crippen LogP contribution is 2.24. The SMILES string of the molecule is CCCCc1ccc(C(=O)Oc2ccc(-c3ccc(CCC)cc3)cc2)cc1. The van der Waals surface area contributed by atoms with Crippen molar-refractivity contribution < 1.29 is 9.53 Å². The van der Waals surface area contributed by atoms with Crippen LogP contribution in [-0.2, 0) is 12.8 Å². The average Bonchev–Trinajstić information content (AvgIpc) is 2.74. The van der Waals surface area contributed by atoms with Gasteiger partial charge in [0, 0.05) is 0 Å². The van der Waals surface area contributed by atoms with Crippen LogP contribution >= 0.6 is 0 Å². The monoisotopic (exact) mass is 372 g/mol. The number of rotatable bonds is 8. The molecule has 0 bridgehead atoms. The minimum Gasteiger partial charge on any atom is -0.423 e. The molecule has 0 saturated carbocycles. The molecule has 0 spiro atoms. The van der Waals surface area contributed by atoms with E-state index in [0.717, 1.165) is 31.2 Å². The number of esters is 1. The summed E-state index contributed by atoms with van der Waals surface area (Å²) in [6, 6.07) is 24.0. The molecule has 0 aliphatic heterocycles. The third-order valence-corrected chi connectivity index (χ3v) is 4.90. The van der Waals surface area contributed by atoms with Crippen LogP contribution in [0.15, 0.2) is 72.8 Å². The van der Waals surface area contributed by atoms with E-state index in [-0.39, 0.29) is 5.97 Å². The molecule has 3 aromatic carbocycles. The topological polar surface area (TPSA) is 26.3 Å². The summed E-state index contributed by atoms with van der Waals surface area (Å²) in [5.74, 6) is 0.241. The lowest BCUT2D eigenvalue weighted by molar-refractivity contribution is 0.0735. The van der Waals surface area contributed by atoms with E-state index in [1.54, 1.807) is 0 Å². The number of aryl methyl sites for hydroxylation is 2. The predicted molar refractivity (Wildman–Crippen MR) is 116 cm³/mol. The Hall–Kier alpha value is -2.87. The quantitative estimate of drug-likeness (QED) is 0.319. The number of unbranched alkanes of at least 4 members (excludes halogenated alkanes) is 1. The molecule has 0 atom stereocenters. The van der Waals surface area contributed by atoms with Crippen molar-refractivity contribution in [3.63, 3.8) is 0 Å². The Morgan fingerprint density at radius 3 is 1.79 bits per heavy atom. The Bertz CT molecular complexity index is 875. The smallest absolute Gasteiger partial charge is 0.343 e. The molecular formula is C26H28O2. The third kappa shape index (κ3) is 5.32. The summed E-state index contributed by atoms with van der Waals surface area (Å²) in [5.41, 5.74) is 5.48. The molecule has 0 heterocycles. The van der Waals surface area contributed by atoms with Gasteiger partial charge in [0.05, 0.1) is 5.56 Å². The lowest BCUT2D eigenvalue weighted by atomic mass is 10.0. The summed E-state index contributed by atoms with van der Waals surface area (Å²) in [6.07, 6.45) is 5.64. The molecule has 0 unspecified atom stereocenters. The molecule has 3 rings (SSSR count). The van der Waals surface area contributed by atoms with Crippen LogP contribution in [0, 0.1) is 0 Å². The second kappa shape index (κ2) is 9.89. The molecule has 2 heteroatoms. The van der Waals surface area contributed by atoms with Gasteiger partial charge in [-0.05, 0) is 65.8 Å². The van der Waals surface area contributed by atoms with Crippen molar-refractivity contribution in [1.82, 2.24) is 0 Å². The molecule has 3 aromatic rings. The van der Waals surface area contributed by atoms with Crippen molar-refractivity contribution in [2.24, 2.45) is 0 Å². The summed E-state index contributed by atoms with van der Waals surface area (Å²) in [6.45, 7) is 4.37. The highest BCUT2D eigenvalue weighted by molar-refractivity contribution is 5.91. The first kappa shape index (κ1) is 19.9. The average molecular weight is 373 g/mol.